The van der Waals surface area contributed by atoms with Crippen LogP contribution in [0.2, 0.25) is 0 Å². The lowest BCUT2D eigenvalue weighted by Crippen LogP contribution is -2.32. The minimum Gasteiger partial charge on any atom is -0.507 e. The van der Waals surface area contributed by atoms with Crippen LogP contribution in [0.25, 0.3) is 34.2 Å². The van der Waals surface area contributed by atoms with Crippen LogP contribution in [0.1, 0.15) is 131 Å². The van der Waals surface area contributed by atoms with Crippen molar-refractivity contribution < 1.29 is 48.6 Å². The van der Waals surface area contributed by atoms with Crippen LogP contribution < -0.4 is 14.2 Å². The number of aliphatic hydroxyl groups is 1. The molecule has 3 N–H and O–H groups in total. The van der Waals surface area contributed by atoms with Gasteiger partial charge in [0.25, 0.3) is 0 Å². The summed E-state index contributed by atoms with van der Waals surface area (Å²) >= 11 is 0. The van der Waals surface area contributed by atoms with Crippen LogP contribution in [0.4, 0.5) is 0 Å². The largest absolute Gasteiger partial charge is 0.507 e. The highest BCUT2D eigenvalue weighted by atomic mass is 16.6. The highest BCUT2D eigenvalue weighted by Gasteiger charge is 2.25. The molecule has 0 bridgehead atoms. The van der Waals surface area contributed by atoms with Crippen molar-refractivity contribution in [1.29, 1.82) is 0 Å². The van der Waals surface area contributed by atoms with Gasteiger partial charge in [-0.1, -0.05) is 85.5 Å². The Morgan fingerprint density at radius 1 is 0.581 bits per heavy atom. The van der Waals surface area contributed by atoms with Gasteiger partial charge >= 0.3 is 11.9 Å². The van der Waals surface area contributed by atoms with E-state index in [1.165, 1.54) is 50.7 Å². The topological polar surface area (TPSA) is 180 Å². The number of hydrogen-bond donors (Lipinski definition) is 3. The second-order valence-corrected chi connectivity index (χ2v) is 16.0. The quantitative estimate of drug-likeness (QED) is 0.0363. The molecule has 0 spiro atoms. The number of nitrogens with zero attached hydrogens (tertiary/aromatic N) is 3. The van der Waals surface area contributed by atoms with Crippen LogP contribution >= 0.6 is 0 Å². The molecule has 13 nitrogen and oxygen atoms in total. The van der Waals surface area contributed by atoms with Gasteiger partial charge in [0.2, 0.25) is 0 Å². The Hall–Kier alpha value is -5.43. The van der Waals surface area contributed by atoms with Crippen LogP contribution in [0, 0.1) is 0 Å². The van der Waals surface area contributed by atoms with E-state index in [-0.39, 0.29) is 64.8 Å². The van der Waals surface area contributed by atoms with Crippen molar-refractivity contribution in [2.45, 2.75) is 142 Å². The lowest BCUT2D eigenvalue weighted by molar-refractivity contribution is -0.161. The summed E-state index contributed by atoms with van der Waals surface area (Å²) in [4.78, 5) is 38.8. The van der Waals surface area contributed by atoms with E-state index >= 15 is 0 Å². The summed E-state index contributed by atoms with van der Waals surface area (Å²) in [5.74, 6) is 0.216. The maximum absolute atomic E-state index is 12.5. The Morgan fingerprint density at radius 3 is 1.50 bits per heavy atom. The zero-order chi connectivity index (χ0) is 45.0. The Bertz CT molecular complexity index is 2000. The molecule has 338 valence electrons. The molecule has 0 unspecified atom stereocenters. The number of aromatic hydroxyl groups is 2. The molecule has 0 aliphatic heterocycles. The fourth-order valence-corrected chi connectivity index (χ4v) is 6.85. The van der Waals surface area contributed by atoms with Crippen molar-refractivity contribution in [1.82, 2.24) is 15.0 Å². The molecule has 1 heterocycles. The number of rotatable bonds is 28. The van der Waals surface area contributed by atoms with Gasteiger partial charge in [0.1, 0.15) is 34.3 Å². The van der Waals surface area contributed by atoms with Crippen molar-refractivity contribution in [3.8, 4) is 62.9 Å². The van der Waals surface area contributed by atoms with Crippen LogP contribution in [0.3, 0.4) is 0 Å². The molecule has 0 fully saturated rings. The molecule has 3 aromatic carbocycles. The van der Waals surface area contributed by atoms with Crippen molar-refractivity contribution in [2.75, 3.05) is 26.9 Å². The van der Waals surface area contributed by atoms with Crippen molar-refractivity contribution >= 4 is 11.9 Å². The highest BCUT2D eigenvalue weighted by molar-refractivity contribution is 5.74. The number of ether oxygens (including phenoxy) is 5. The number of esters is 2. The maximum Gasteiger partial charge on any atom is 0.344 e. The highest BCUT2D eigenvalue weighted by Crippen LogP contribution is 2.36. The first-order valence-corrected chi connectivity index (χ1v) is 22.3. The van der Waals surface area contributed by atoms with E-state index in [1.807, 2.05) is 20.8 Å². The van der Waals surface area contributed by atoms with Crippen LogP contribution in [-0.2, 0) is 19.1 Å². The number of unbranched alkanes of at least 4 members (excludes halogenated alkanes) is 9. The van der Waals surface area contributed by atoms with Gasteiger partial charge in [-0.3, -0.25) is 0 Å². The van der Waals surface area contributed by atoms with Crippen molar-refractivity contribution in [3.63, 3.8) is 0 Å². The number of carbonyl (C=O) groups excluding carboxylic acids is 2. The van der Waals surface area contributed by atoms with Gasteiger partial charge in [-0.15, -0.1) is 0 Å². The molecule has 62 heavy (non-hydrogen) atoms. The molecular formula is C49H67N3O10. The van der Waals surface area contributed by atoms with Crippen molar-refractivity contribution in [3.05, 3.63) is 60.7 Å². The van der Waals surface area contributed by atoms with Crippen molar-refractivity contribution in [2.24, 2.45) is 0 Å². The minimum absolute atomic E-state index is 0.115. The Balaban J connectivity index is 1.30. The summed E-state index contributed by atoms with van der Waals surface area (Å²) in [6, 6.07) is 16.1. The summed E-state index contributed by atoms with van der Waals surface area (Å²) in [6.07, 6.45) is 15.1. The molecule has 0 radical (unpaired) electrons. The average molecular weight is 858 g/mol. The summed E-state index contributed by atoms with van der Waals surface area (Å²) in [5.41, 5.74) is 0.0816. The van der Waals surface area contributed by atoms with E-state index in [1.54, 1.807) is 55.6 Å². The summed E-state index contributed by atoms with van der Waals surface area (Å²) < 4.78 is 27.5. The number of carbonyl (C=O) groups is 2. The van der Waals surface area contributed by atoms with Gasteiger partial charge in [0.05, 0.1) is 30.4 Å². The molecule has 0 amide bonds. The number of hydrogen-bond acceptors (Lipinski definition) is 13. The third kappa shape index (κ3) is 15.5. The average Bonchev–Trinajstić information content (AvgIpc) is 3.28. The molecule has 0 saturated carbocycles. The predicted octanol–water partition coefficient (Wildman–Crippen LogP) is 10.6. The van der Waals surface area contributed by atoms with E-state index in [0.29, 0.717) is 30.8 Å². The molecular weight excluding hydrogens is 791 g/mol. The van der Waals surface area contributed by atoms with Gasteiger partial charge in [-0.25, -0.2) is 24.5 Å². The molecule has 0 aliphatic rings. The zero-order valence-electron chi connectivity index (χ0n) is 37.5. The fraction of sp³-hybridized carbons (Fsp3) is 0.531. The van der Waals surface area contributed by atoms with Gasteiger partial charge < -0.3 is 39.0 Å². The summed E-state index contributed by atoms with van der Waals surface area (Å²) in [5, 5.41) is 32.7. The molecule has 0 atom stereocenters. The number of benzene rings is 3. The number of methoxy groups -OCH3 is 1. The van der Waals surface area contributed by atoms with Gasteiger partial charge in [-0.2, -0.15) is 0 Å². The molecule has 0 aliphatic carbocycles. The van der Waals surface area contributed by atoms with Crippen LogP contribution in [0.5, 0.6) is 28.7 Å². The number of aromatic nitrogens is 3. The molecule has 4 aromatic rings. The lowest BCUT2D eigenvalue weighted by Gasteiger charge is -2.26. The van der Waals surface area contributed by atoms with E-state index in [0.717, 1.165) is 44.9 Å². The molecule has 1 aromatic heterocycles. The number of phenols is 2. The van der Waals surface area contributed by atoms with E-state index in [4.69, 9.17) is 23.7 Å². The van der Waals surface area contributed by atoms with Gasteiger partial charge in [0, 0.05) is 17.7 Å². The Kier molecular flexibility index (Phi) is 19.7. The second-order valence-electron chi connectivity index (χ2n) is 16.0. The Morgan fingerprint density at radius 2 is 1.03 bits per heavy atom. The predicted molar refractivity (Wildman–Crippen MR) is 239 cm³/mol. The molecule has 13 heteroatoms. The SMILES string of the molecule is CCC(O)(CC)CCCCCCCCCCCCOC(=O)COc1ccc(-c2nc(-c3ccc(OC)cc3)nc(-c3ccc(OCC(=O)OC(C)(CC)CC)cc3O)n2)c(O)c1. The Labute approximate surface area is 367 Å². The van der Waals surface area contributed by atoms with Crippen LogP contribution in [0.15, 0.2) is 60.7 Å². The second kappa shape index (κ2) is 24.9. The minimum atomic E-state index is -0.583. The number of phenolic OH excluding ortho intramolecular Hbond substituents is 2. The summed E-state index contributed by atoms with van der Waals surface area (Å²) in [6.45, 7) is 9.56. The standard InChI is InChI=1S/C49H67N3O10/c1-7-48(5,8-2)62-44(56)34-61-38-26-28-40(42(54)32-38)47-51-45(35-21-23-36(58-6)24-22-35)50-46(52-47)39-27-25-37(31-41(39)53)60-33-43(55)59-30-20-18-16-14-12-11-13-15-17-19-29-49(57,9-3)10-4/h21-28,31-32,53-54,57H,7-20,29-30,33-34H2,1-6H3. The van der Waals surface area contributed by atoms with E-state index in [9.17, 15) is 24.9 Å². The first-order valence-electron chi connectivity index (χ1n) is 22.3. The van der Waals surface area contributed by atoms with Gasteiger partial charge in [-0.05, 0) is 94.0 Å². The molecule has 0 saturated heterocycles. The van der Waals surface area contributed by atoms with Gasteiger partial charge in [0.15, 0.2) is 30.7 Å². The lowest BCUT2D eigenvalue weighted by atomic mass is 9.90. The van der Waals surface area contributed by atoms with E-state index < -0.39 is 23.1 Å². The maximum atomic E-state index is 12.5. The first-order chi connectivity index (χ1) is 29.8. The van der Waals surface area contributed by atoms with E-state index in [2.05, 4.69) is 28.8 Å². The monoisotopic (exact) mass is 857 g/mol. The third-order valence-corrected chi connectivity index (χ3v) is 11.6. The third-order valence-electron chi connectivity index (χ3n) is 11.6. The smallest absolute Gasteiger partial charge is 0.344 e. The zero-order valence-corrected chi connectivity index (χ0v) is 37.5. The van der Waals surface area contributed by atoms with Crippen LogP contribution in [-0.4, -0.2) is 80.3 Å². The first kappa shape index (κ1) is 49.2. The summed E-state index contributed by atoms with van der Waals surface area (Å²) in [7, 11) is 1.57. The fourth-order valence-electron chi connectivity index (χ4n) is 6.85. The normalized spacial score (nSPS) is 11.6. The molecule has 4 rings (SSSR count).